The lowest BCUT2D eigenvalue weighted by molar-refractivity contribution is -0.309. The van der Waals surface area contributed by atoms with Crippen molar-refractivity contribution in [2.75, 3.05) is 0 Å². The van der Waals surface area contributed by atoms with Gasteiger partial charge in [0.1, 0.15) is 5.69 Å². The number of amidine groups is 2. The Kier molecular flexibility index (Phi) is 7.11. The number of nitrogens with one attached hydrogen (secondary N) is 1. The van der Waals surface area contributed by atoms with Gasteiger partial charge < -0.3 is 5.73 Å². The van der Waals surface area contributed by atoms with Crippen molar-refractivity contribution in [2.45, 2.75) is 46.5 Å². The zero-order chi connectivity index (χ0) is 22.7. The summed E-state index contributed by atoms with van der Waals surface area (Å²) in [4.78, 5) is 0. The van der Waals surface area contributed by atoms with Crippen molar-refractivity contribution in [3.05, 3.63) is 99.0 Å². The third kappa shape index (κ3) is 4.80. The molecule has 0 aliphatic heterocycles. The fraction of sp³-hybridized carbons (Fsp3) is 0.259. The van der Waals surface area contributed by atoms with Crippen molar-refractivity contribution in [1.82, 2.24) is 0 Å². The Morgan fingerprint density at radius 3 is 2.00 bits per heavy atom. The lowest BCUT2D eigenvalue weighted by atomic mass is 9.91. The summed E-state index contributed by atoms with van der Waals surface area (Å²) in [7, 11) is 0. The number of nitrogens with two attached hydrogens (primary N) is 1. The number of benzene rings is 3. The summed E-state index contributed by atoms with van der Waals surface area (Å²) < 4.78 is 2.87. The number of halogens is 1. The minimum atomic E-state index is 0.288. The van der Waals surface area contributed by atoms with Crippen LogP contribution >= 0.6 is 15.9 Å². The predicted molar refractivity (Wildman–Crippen MR) is 135 cm³/mol. The molecule has 0 atom stereocenters. The van der Waals surface area contributed by atoms with E-state index in [2.05, 4.69) is 74.8 Å². The Labute approximate surface area is 194 Å². The van der Waals surface area contributed by atoms with Gasteiger partial charge in [-0.1, -0.05) is 86.1 Å². The SMILES string of the molecule is Cc1ccccc1C(N)=[N+](C(=N)c1cccc(Br)c1)c1c(C(C)C)cccc1C(C)C. The number of rotatable bonds is 5. The molecule has 0 amide bonds. The number of aryl methyl sites for hydroxylation is 1. The summed E-state index contributed by atoms with van der Waals surface area (Å²) in [5.41, 5.74) is 13.1. The van der Waals surface area contributed by atoms with Crippen LogP contribution in [0.1, 0.15) is 67.3 Å². The highest BCUT2D eigenvalue weighted by Crippen LogP contribution is 2.36. The molecule has 0 aliphatic carbocycles. The van der Waals surface area contributed by atoms with E-state index in [-0.39, 0.29) is 11.8 Å². The summed E-state index contributed by atoms with van der Waals surface area (Å²) in [6, 6.07) is 22.3. The van der Waals surface area contributed by atoms with E-state index in [0.717, 1.165) is 26.9 Å². The molecule has 0 heterocycles. The average molecular weight is 477 g/mol. The van der Waals surface area contributed by atoms with Crippen molar-refractivity contribution in [3.63, 3.8) is 0 Å². The second-order valence-electron chi connectivity index (χ2n) is 8.49. The molecule has 0 radical (unpaired) electrons. The van der Waals surface area contributed by atoms with E-state index in [4.69, 9.17) is 5.73 Å². The standard InChI is InChI=1S/C27H30BrN3/c1-17(2)22-14-9-15-23(18(3)4)25(22)31(26(29)20-11-8-12-21(28)16-20)27(30)24-13-7-6-10-19(24)5/h6-18,29-30H,1-5H3/p+1. The van der Waals surface area contributed by atoms with Crippen LogP contribution in [-0.4, -0.2) is 16.2 Å². The highest BCUT2D eigenvalue weighted by Gasteiger charge is 2.27. The Balaban J connectivity index is 2.43. The van der Waals surface area contributed by atoms with Gasteiger partial charge in [-0.3, -0.25) is 0 Å². The lowest BCUT2D eigenvalue weighted by Crippen LogP contribution is -2.33. The fourth-order valence-corrected chi connectivity index (χ4v) is 4.27. The van der Waals surface area contributed by atoms with Crippen LogP contribution in [0.3, 0.4) is 0 Å². The van der Waals surface area contributed by atoms with Gasteiger partial charge in [0.25, 0.3) is 5.84 Å². The molecule has 3 aromatic carbocycles. The maximum absolute atomic E-state index is 9.25. The summed E-state index contributed by atoms with van der Waals surface area (Å²) >= 11 is 3.55. The lowest BCUT2D eigenvalue weighted by Gasteiger charge is -2.22. The van der Waals surface area contributed by atoms with Gasteiger partial charge in [-0.15, -0.1) is 0 Å². The minimum absolute atomic E-state index is 0.288. The van der Waals surface area contributed by atoms with Crippen LogP contribution < -0.4 is 5.73 Å². The van der Waals surface area contributed by atoms with Gasteiger partial charge >= 0.3 is 0 Å². The molecule has 3 N–H and O–H groups in total. The number of hydrogen-bond acceptors (Lipinski definition) is 1. The Hall–Kier alpha value is -2.72. The van der Waals surface area contributed by atoms with Crippen LogP contribution in [0.4, 0.5) is 5.69 Å². The largest absolute Gasteiger partial charge is 0.318 e. The zero-order valence-electron chi connectivity index (χ0n) is 18.9. The molecule has 4 heteroatoms. The van der Waals surface area contributed by atoms with E-state index in [1.54, 1.807) is 0 Å². The first-order chi connectivity index (χ1) is 14.7. The molecule has 0 saturated heterocycles. The van der Waals surface area contributed by atoms with E-state index in [0.29, 0.717) is 11.7 Å². The normalized spacial score (nSPS) is 12.3. The quantitative estimate of drug-likeness (QED) is 0.230. The summed E-state index contributed by atoms with van der Waals surface area (Å²) in [6.45, 7) is 10.8. The molecule has 3 aromatic rings. The van der Waals surface area contributed by atoms with Crippen LogP contribution in [0.5, 0.6) is 0 Å². The van der Waals surface area contributed by atoms with Crippen LogP contribution in [-0.2, 0) is 0 Å². The fourth-order valence-electron chi connectivity index (χ4n) is 3.87. The van der Waals surface area contributed by atoms with Gasteiger partial charge in [-0.25, -0.2) is 0 Å². The van der Waals surface area contributed by atoms with Crippen LogP contribution in [0.25, 0.3) is 0 Å². The molecule has 31 heavy (non-hydrogen) atoms. The second-order valence-corrected chi connectivity index (χ2v) is 9.40. The Morgan fingerprint density at radius 2 is 1.45 bits per heavy atom. The summed E-state index contributed by atoms with van der Waals surface area (Å²) in [5.74, 6) is 1.50. The highest BCUT2D eigenvalue weighted by atomic mass is 79.9. The molecule has 0 bridgehead atoms. The van der Waals surface area contributed by atoms with Gasteiger partial charge in [-0.2, -0.15) is 9.98 Å². The topological polar surface area (TPSA) is 52.9 Å². The predicted octanol–water partition coefficient (Wildman–Crippen LogP) is 7.08. The molecule has 0 saturated carbocycles. The minimum Gasteiger partial charge on any atom is -0.318 e. The second kappa shape index (κ2) is 9.61. The van der Waals surface area contributed by atoms with Crippen LogP contribution in [0, 0.1) is 12.3 Å². The first-order valence-corrected chi connectivity index (χ1v) is 11.5. The van der Waals surface area contributed by atoms with Gasteiger partial charge in [0.2, 0.25) is 5.84 Å². The van der Waals surface area contributed by atoms with Crippen LogP contribution in [0.15, 0.2) is 71.2 Å². The maximum Gasteiger partial charge on any atom is 0.267 e. The zero-order valence-corrected chi connectivity index (χ0v) is 20.5. The molecular weight excluding hydrogens is 446 g/mol. The first-order valence-electron chi connectivity index (χ1n) is 10.7. The van der Waals surface area contributed by atoms with E-state index in [1.165, 1.54) is 11.1 Å². The Bertz CT molecular complexity index is 1120. The summed E-state index contributed by atoms with van der Waals surface area (Å²) in [6.07, 6.45) is 0. The average Bonchev–Trinajstić information content (AvgIpc) is 2.73. The molecule has 0 aromatic heterocycles. The number of hydrogen-bond donors (Lipinski definition) is 2. The third-order valence-corrected chi connectivity index (χ3v) is 6.04. The smallest absolute Gasteiger partial charge is 0.267 e. The molecule has 0 aliphatic rings. The number of nitrogens with zero attached hydrogens (tertiary/aromatic N) is 1. The molecule has 3 rings (SSSR count). The van der Waals surface area contributed by atoms with Crippen molar-refractivity contribution in [1.29, 1.82) is 5.41 Å². The molecule has 3 nitrogen and oxygen atoms in total. The van der Waals surface area contributed by atoms with E-state index in [1.807, 2.05) is 47.0 Å². The maximum atomic E-state index is 9.25. The highest BCUT2D eigenvalue weighted by molar-refractivity contribution is 9.10. The number of para-hydroxylation sites is 1. The third-order valence-electron chi connectivity index (χ3n) is 5.55. The van der Waals surface area contributed by atoms with Crippen molar-refractivity contribution in [2.24, 2.45) is 5.73 Å². The Morgan fingerprint density at radius 1 is 0.871 bits per heavy atom. The van der Waals surface area contributed by atoms with Gasteiger partial charge in [0.05, 0.1) is 11.1 Å². The molecule has 0 fully saturated rings. The summed E-state index contributed by atoms with van der Waals surface area (Å²) in [5, 5.41) is 9.25. The van der Waals surface area contributed by atoms with Gasteiger partial charge in [0, 0.05) is 4.47 Å². The van der Waals surface area contributed by atoms with Crippen LogP contribution in [0.2, 0.25) is 0 Å². The van der Waals surface area contributed by atoms with E-state index in [9.17, 15) is 5.41 Å². The van der Waals surface area contributed by atoms with Gasteiger partial charge in [0.15, 0.2) is 0 Å². The van der Waals surface area contributed by atoms with E-state index >= 15 is 0 Å². The van der Waals surface area contributed by atoms with E-state index < -0.39 is 0 Å². The molecule has 0 spiro atoms. The molecular formula is C27H31BrN3+. The monoisotopic (exact) mass is 476 g/mol. The van der Waals surface area contributed by atoms with Crippen molar-refractivity contribution < 1.29 is 4.58 Å². The van der Waals surface area contributed by atoms with Gasteiger partial charge in [-0.05, 0) is 59.7 Å². The van der Waals surface area contributed by atoms with Crippen molar-refractivity contribution >= 4 is 33.3 Å². The molecule has 0 unspecified atom stereocenters. The first kappa shape index (κ1) is 23.0. The molecule has 160 valence electrons. The van der Waals surface area contributed by atoms with Crippen molar-refractivity contribution in [3.8, 4) is 0 Å².